The van der Waals surface area contributed by atoms with Crippen LogP contribution in [0.2, 0.25) is 0 Å². The molecule has 0 saturated carbocycles. The minimum Gasteiger partial charge on any atom is -0.444 e. The topological polar surface area (TPSA) is 63.3 Å². The summed E-state index contributed by atoms with van der Waals surface area (Å²) in [5.41, 5.74) is -0.0938. The van der Waals surface area contributed by atoms with Gasteiger partial charge < -0.3 is 9.52 Å². The molecule has 1 N–H and O–H groups in total. The summed E-state index contributed by atoms with van der Waals surface area (Å²) in [5.74, 6) is 1.53. The SMILES string of the molecule is C[C@H](c1ncc(C(C)(C)C)o1)[S@@](=O)CCO. The van der Waals surface area contributed by atoms with Gasteiger partial charge in [-0.25, -0.2) is 4.98 Å². The standard InChI is InChI=1S/C11H19NO3S/c1-8(16(14)6-5-13)10-12-7-9(15-10)11(2,3)4/h7-8,13H,5-6H2,1-4H3/t8-,16+/m1/s1. The number of aliphatic hydroxyl groups excluding tert-OH is 1. The molecule has 1 heterocycles. The van der Waals surface area contributed by atoms with E-state index < -0.39 is 10.8 Å². The van der Waals surface area contributed by atoms with E-state index in [1.54, 1.807) is 13.1 Å². The highest BCUT2D eigenvalue weighted by molar-refractivity contribution is 7.85. The third-order valence-corrected chi connectivity index (χ3v) is 3.87. The Morgan fingerprint density at radius 1 is 1.56 bits per heavy atom. The molecular weight excluding hydrogens is 226 g/mol. The summed E-state index contributed by atoms with van der Waals surface area (Å²) in [6, 6.07) is 0. The Labute approximate surface area is 98.5 Å². The first kappa shape index (κ1) is 13.4. The Morgan fingerprint density at radius 3 is 2.62 bits per heavy atom. The second kappa shape index (κ2) is 5.10. The molecule has 0 unspecified atom stereocenters. The minimum absolute atomic E-state index is 0.0796. The maximum atomic E-state index is 11.7. The van der Waals surface area contributed by atoms with Crippen molar-refractivity contribution in [1.29, 1.82) is 0 Å². The van der Waals surface area contributed by atoms with Gasteiger partial charge in [0, 0.05) is 22.0 Å². The number of aromatic nitrogens is 1. The molecule has 2 atom stereocenters. The van der Waals surface area contributed by atoms with Crippen molar-refractivity contribution in [2.45, 2.75) is 38.4 Å². The van der Waals surface area contributed by atoms with E-state index in [4.69, 9.17) is 9.52 Å². The molecule has 1 aromatic rings. The summed E-state index contributed by atoms with van der Waals surface area (Å²) in [6.45, 7) is 7.82. The zero-order valence-corrected chi connectivity index (χ0v) is 11.0. The van der Waals surface area contributed by atoms with Crippen LogP contribution in [-0.2, 0) is 16.2 Å². The molecule has 16 heavy (non-hydrogen) atoms. The van der Waals surface area contributed by atoms with Gasteiger partial charge in [-0.15, -0.1) is 0 Å². The van der Waals surface area contributed by atoms with Gasteiger partial charge in [-0.3, -0.25) is 4.21 Å². The van der Waals surface area contributed by atoms with Crippen LogP contribution in [-0.4, -0.2) is 26.7 Å². The lowest BCUT2D eigenvalue weighted by Gasteiger charge is -2.13. The van der Waals surface area contributed by atoms with Crippen LogP contribution >= 0.6 is 0 Å². The fourth-order valence-electron chi connectivity index (χ4n) is 1.20. The molecule has 1 aromatic heterocycles. The molecule has 1 rings (SSSR count). The van der Waals surface area contributed by atoms with Crippen molar-refractivity contribution in [2.24, 2.45) is 0 Å². The predicted molar refractivity (Wildman–Crippen MR) is 63.7 cm³/mol. The quantitative estimate of drug-likeness (QED) is 0.878. The van der Waals surface area contributed by atoms with Crippen LogP contribution in [0.5, 0.6) is 0 Å². The Bertz CT molecular complexity index is 368. The van der Waals surface area contributed by atoms with Gasteiger partial charge in [0.15, 0.2) is 0 Å². The molecular formula is C11H19NO3S. The second-order valence-electron chi connectivity index (χ2n) is 4.76. The largest absolute Gasteiger partial charge is 0.444 e. The number of rotatable bonds is 4. The highest BCUT2D eigenvalue weighted by Crippen LogP contribution is 2.26. The molecule has 5 heteroatoms. The van der Waals surface area contributed by atoms with Crippen molar-refractivity contribution in [2.75, 3.05) is 12.4 Å². The van der Waals surface area contributed by atoms with Crippen LogP contribution < -0.4 is 0 Å². The molecule has 0 aromatic carbocycles. The Balaban J connectivity index is 2.82. The smallest absolute Gasteiger partial charge is 0.209 e. The first-order valence-corrected chi connectivity index (χ1v) is 6.68. The lowest BCUT2D eigenvalue weighted by Crippen LogP contribution is -2.11. The van der Waals surface area contributed by atoms with Gasteiger partial charge in [0.2, 0.25) is 5.89 Å². The van der Waals surface area contributed by atoms with Crippen LogP contribution in [0.25, 0.3) is 0 Å². The molecule has 0 fully saturated rings. The number of nitrogens with zero attached hydrogens (tertiary/aromatic N) is 1. The fraction of sp³-hybridized carbons (Fsp3) is 0.727. The molecule has 0 aliphatic rings. The Morgan fingerprint density at radius 2 is 2.19 bits per heavy atom. The molecule has 0 aliphatic heterocycles. The average molecular weight is 245 g/mol. The van der Waals surface area contributed by atoms with E-state index in [2.05, 4.69) is 4.98 Å². The van der Waals surface area contributed by atoms with Gasteiger partial charge in [-0.05, 0) is 6.92 Å². The van der Waals surface area contributed by atoms with Gasteiger partial charge in [0.1, 0.15) is 11.0 Å². The first-order chi connectivity index (χ1) is 7.36. The van der Waals surface area contributed by atoms with Crippen LogP contribution in [0.1, 0.15) is 44.6 Å². The molecule has 0 spiro atoms. The van der Waals surface area contributed by atoms with E-state index in [1.165, 1.54) is 0 Å². The van der Waals surface area contributed by atoms with E-state index in [1.807, 2.05) is 20.8 Å². The summed E-state index contributed by atoms with van der Waals surface area (Å²) in [5, 5.41) is 8.45. The average Bonchev–Trinajstić information content (AvgIpc) is 2.65. The summed E-state index contributed by atoms with van der Waals surface area (Å²) in [4.78, 5) is 4.14. The summed E-state index contributed by atoms with van der Waals surface area (Å²) < 4.78 is 17.2. The molecule has 0 bridgehead atoms. The van der Waals surface area contributed by atoms with E-state index in [0.29, 0.717) is 5.89 Å². The summed E-state index contributed by atoms with van der Waals surface area (Å²) >= 11 is 0. The monoisotopic (exact) mass is 245 g/mol. The Kier molecular flexibility index (Phi) is 4.27. The molecule has 4 nitrogen and oxygen atoms in total. The minimum atomic E-state index is -1.14. The van der Waals surface area contributed by atoms with E-state index in [9.17, 15) is 4.21 Å². The van der Waals surface area contributed by atoms with Crippen LogP contribution in [0.15, 0.2) is 10.6 Å². The van der Waals surface area contributed by atoms with Crippen molar-refractivity contribution in [1.82, 2.24) is 4.98 Å². The molecule has 0 amide bonds. The van der Waals surface area contributed by atoms with Crippen LogP contribution in [0, 0.1) is 0 Å². The number of aliphatic hydroxyl groups is 1. The second-order valence-corrected chi connectivity index (χ2v) is 6.64. The third kappa shape index (κ3) is 3.15. The normalized spacial score (nSPS) is 16.1. The zero-order chi connectivity index (χ0) is 12.3. The highest BCUT2D eigenvalue weighted by atomic mass is 32.2. The third-order valence-electron chi connectivity index (χ3n) is 2.30. The van der Waals surface area contributed by atoms with Gasteiger partial charge in [0.25, 0.3) is 0 Å². The van der Waals surface area contributed by atoms with E-state index >= 15 is 0 Å². The molecule has 0 aliphatic carbocycles. The number of hydrogen-bond donors (Lipinski definition) is 1. The van der Waals surface area contributed by atoms with Crippen molar-refractivity contribution in [3.8, 4) is 0 Å². The van der Waals surface area contributed by atoms with E-state index in [0.717, 1.165) is 5.76 Å². The van der Waals surface area contributed by atoms with Gasteiger partial charge >= 0.3 is 0 Å². The van der Waals surface area contributed by atoms with Crippen molar-refractivity contribution in [3.63, 3.8) is 0 Å². The maximum Gasteiger partial charge on any atom is 0.209 e. The lowest BCUT2D eigenvalue weighted by molar-refractivity contribution is 0.320. The summed E-state index contributed by atoms with van der Waals surface area (Å²) in [7, 11) is -1.14. The van der Waals surface area contributed by atoms with Crippen molar-refractivity contribution < 1.29 is 13.7 Å². The summed E-state index contributed by atoms with van der Waals surface area (Å²) in [6.07, 6.45) is 1.68. The van der Waals surface area contributed by atoms with Crippen molar-refractivity contribution in [3.05, 3.63) is 17.8 Å². The van der Waals surface area contributed by atoms with E-state index in [-0.39, 0.29) is 23.0 Å². The first-order valence-electron chi connectivity index (χ1n) is 5.30. The molecule has 92 valence electrons. The lowest BCUT2D eigenvalue weighted by atomic mass is 9.94. The van der Waals surface area contributed by atoms with Crippen LogP contribution in [0.4, 0.5) is 0 Å². The number of oxazole rings is 1. The number of hydrogen-bond acceptors (Lipinski definition) is 4. The van der Waals surface area contributed by atoms with Gasteiger partial charge in [-0.2, -0.15) is 0 Å². The fourth-order valence-corrected chi connectivity index (χ4v) is 2.07. The molecule has 0 radical (unpaired) electrons. The Hall–Kier alpha value is -0.680. The van der Waals surface area contributed by atoms with Crippen LogP contribution in [0.3, 0.4) is 0 Å². The highest BCUT2D eigenvalue weighted by Gasteiger charge is 2.23. The predicted octanol–water partition coefficient (Wildman–Crippen LogP) is 1.77. The zero-order valence-electron chi connectivity index (χ0n) is 10.2. The van der Waals surface area contributed by atoms with Gasteiger partial charge in [0.05, 0.1) is 12.8 Å². The molecule has 0 saturated heterocycles. The maximum absolute atomic E-state index is 11.7. The van der Waals surface area contributed by atoms with Gasteiger partial charge in [-0.1, -0.05) is 20.8 Å². The van der Waals surface area contributed by atoms with Crippen molar-refractivity contribution >= 4 is 10.8 Å².